The van der Waals surface area contributed by atoms with Crippen LogP contribution in [-0.4, -0.2) is 29.8 Å². The van der Waals surface area contributed by atoms with Crippen LogP contribution in [0.2, 0.25) is 0 Å². The predicted molar refractivity (Wildman–Crippen MR) is 144 cm³/mol. The molecule has 1 aliphatic carbocycles. The van der Waals surface area contributed by atoms with Crippen LogP contribution in [-0.2, 0) is 11.8 Å². The van der Waals surface area contributed by atoms with E-state index in [0.717, 1.165) is 33.8 Å². The number of benzene rings is 3. The molecule has 35 heavy (non-hydrogen) atoms. The SMILES string of the molecule is C=CC(=O)n1nc(Nc2ccccc2)c2c1CC(c1ccccc1)(c1cccc(N(C)C)c1)C=C2. The minimum absolute atomic E-state index is 0.248. The molecule has 1 N–H and O–H groups in total. The Morgan fingerprint density at radius 2 is 1.69 bits per heavy atom. The number of carbonyl (C=O) groups excluding carboxylic acids is 1. The lowest BCUT2D eigenvalue weighted by atomic mass is 9.68. The maximum Gasteiger partial charge on any atom is 0.270 e. The van der Waals surface area contributed by atoms with Crippen LogP contribution in [0.25, 0.3) is 6.08 Å². The Morgan fingerprint density at radius 3 is 2.37 bits per heavy atom. The van der Waals surface area contributed by atoms with Crippen LogP contribution in [0.5, 0.6) is 0 Å². The molecule has 0 spiro atoms. The molecule has 3 aromatic carbocycles. The molecule has 4 aromatic rings. The summed E-state index contributed by atoms with van der Waals surface area (Å²) in [5, 5.41) is 8.07. The van der Waals surface area contributed by atoms with Gasteiger partial charge in [0.05, 0.1) is 5.69 Å². The zero-order valence-corrected chi connectivity index (χ0v) is 20.0. The lowest BCUT2D eigenvalue weighted by Gasteiger charge is -2.35. The van der Waals surface area contributed by atoms with Crippen LogP contribution in [0.3, 0.4) is 0 Å². The molecule has 5 rings (SSSR count). The van der Waals surface area contributed by atoms with E-state index in [9.17, 15) is 4.79 Å². The fraction of sp³-hybridized carbons (Fsp3) is 0.133. The molecule has 0 radical (unpaired) electrons. The van der Waals surface area contributed by atoms with Gasteiger partial charge in [-0.1, -0.05) is 79.4 Å². The molecule has 1 unspecified atom stereocenters. The Hall–Kier alpha value is -4.38. The Bertz CT molecular complexity index is 1400. The van der Waals surface area contributed by atoms with Crippen molar-refractivity contribution in [3.8, 4) is 0 Å². The topological polar surface area (TPSA) is 50.2 Å². The molecule has 0 fully saturated rings. The third-order valence-electron chi connectivity index (χ3n) is 6.59. The predicted octanol–water partition coefficient (Wildman–Crippen LogP) is 6.07. The highest BCUT2D eigenvalue weighted by Gasteiger charge is 2.38. The zero-order chi connectivity index (χ0) is 24.4. The quantitative estimate of drug-likeness (QED) is 0.355. The normalized spacial score (nSPS) is 16.4. The Morgan fingerprint density at radius 1 is 1.00 bits per heavy atom. The second-order valence-electron chi connectivity index (χ2n) is 8.95. The average Bonchev–Trinajstić information content (AvgIpc) is 3.26. The van der Waals surface area contributed by atoms with Crippen molar-refractivity contribution in [1.82, 2.24) is 9.78 Å². The van der Waals surface area contributed by atoms with Gasteiger partial charge in [0.15, 0.2) is 5.82 Å². The monoisotopic (exact) mass is 460 g/mol. The highest BCUT2D eigenvalue weighted by atomic mass is 16.2. The smallest absolute Gasteiger partial charge is 0.270 e. The summed E-state index contributed by atoms with van der Waals surface area (Å²) >= 11 is 0. The summed E-state index contributed by atoms with van der Waals surface area (Å²) in [7, 11) is 4.09. The molecular weight excluding hydrogens is 432 g/mol. The highest BCUT2D eigenvalue weighted by Crippen LogP contribution is 2.44. The maximum atomic E-state index is 12.9. The molecule has 5 heteroatoms. The van der Waals surface area contributed by atoms with Crippen molar-refractivity contribution in [1.29, 1.82) is 0 Å². The molecule has 0 aliphatic heterocycles. The van der Waals surface area contributed by atoms with Crippen molar-refractivity contribution in [2.75, 3.05) is 24.3 Å². The van der Waals surface area contributed by atoms with Gasteiger partial charge in [-0.15, -0.1) is 5.10 Å². The van der Waals surface area contributed by atoms with Crippen molar-refractivity contribution in [3.05, 3.63) is 126 Å². The van der Waals surface area contributed by atoms with Gasteiger partial charge in [0.2, 0.25) is 0 Å². The average molecular weight is 461 g/mol. The van der Waals surface area contributed by atoms with E-state index in [0.29, 0.717) is 12.2 Å². The van der Waals surface area contributed by atoms with Crippen LogP contribution in [0.4, 0.5) is 17.2 Å². The summed E-state index contributed by atoms with van der Waals surface area (Å²) in [4.78, 5) is 15.0. The molecule has 1 atom stereocenters. The molecule has 1 aliphatic rings. The van der Waals surface area contributed by atoms with Gasteiger partial charge in [-0.25, -0.2) is 0 Å². The van der Waals surface area contributed by atoms with Gasteiger partial charge in [-0.3, -0.25) is 4.79 Å². The minimum atomic E-state index is -0.455. The number of nitrogens with zero attached hydrogens (tertiary/aromatic N) is 3. The third kappa shape index (κ3) is 4.06. The van der Waals surface area contributed by atoms with Crippen molar-refractivity contribution in [3.63, 3.8) is 0 Å². The maximum absolute atomic E-state index is 12.9. The van der Waals surface area contributed by atoms with Crippen molar-refractivity contribution in [2.24, 2.45) is 0 Å². The molecule has 0 saturated carbocycles. The van der Waals surface area contributed by atoms with Crippen LogP contribution < -0.4 is 10.2 Å². The van der Waals surface area contributed by atoms with E-state index in [1.807, 2.05) is 50.5 Å². The summed E-state index contributed by atoms with van der Waals surface area (Å²) < 4.78 is 1.49. The van der Waals surface area contributed by atoms with Gasteiger partial charge in [0, 0.05) is 42.9 Å². The first-order valence-corrected chi connectivity index (χ1v) is 11.7. The largest absolute Gasteiger partial charge is 0.378 e. The first-order valence-electron chi connectivity index (χ1n) is 11.7. The van der Waals surface area contributed by atoms with Crippen molar-refractivity contribution >= 4 is 29.2 Å². The van der Waals surface area contributed by atoms with E-state index in [2.05, 4.69) is 82.6 Å². The number of hydrogen-bond donors (Lipinski definition) is 1. The number of allylic oxidation sites excluding steroid dienone is 2. The Balaban J connectivity index is 1.69. The number of carbonyl (C=O) groups is 1. The summed E-state index contributed by atoms with van der Waals surface area (Å²) in [6, 6.07) is 28.9. The van der Waals surface area contributed by atoms with E-state index in [4.69, 9.17) is 0 Å². The number of hydrogen-bond acceptors (Lipinski definition) is 4. The van der Waals surface area contributed by atoms with Crippen LogP contribution in [0.1, 0.15) is 27.2 Å². The van der Waals surface area contributed by atoms with Gasteiger partial charge in [0.25, 0.3) is 5.91 Å². The van der Waals surface area contributed by atoms with Gasteiger partial charge >= 0.3 is 0 Å². The number of rotatable bonds is 6. The zero-order valence-electron chi connectivity index (χ0n) is 20.0. The molecule has 0 bridgehead atoms. The number of aromatic nitrogens is 2. The van der Waals surface area contributed by atoms with Gasteiger partial charge in [-0.05, 0) is 41.5 Å². The lowest BCUT2D eigenvalue weighted by molar-refractivity contribution is 0.0950. The van der Waals surface area contributed by atoms with E-state index in [1.54, 1.807) is 0 Å². The molecule has 174 valence electrons. The number of para-hydroxylation sites is 1. The highest BCUT2D eigenvalue weighted by molar-refractivity contribution is 5.91. The number of anilines is 3. The van der Waals surface area contributed by atoms with Crippen molar-refractivity contribution in [2.45, 2.75) is 11.8 Å². The first kappa shape index (κ1) is 22.4. The summed E-state index contributed by atoms with van der Waals surface area (Å²) in [6.45, 7) is 3.71. The fourth-order valence-corrected chi connectivity index (χ4v) is 4.74. The van der Waals surface area contributed by atoms with Crippen LogP contribution in [0, 0.1) is 0 Å². The lowest BCUT2D eigenvalue weighted by Crippen LogP contribution is -2.32. The van der Waals surface area contributed by atoms with Gasteiger partial charge < -0.3 is 10.2 Å². The van der Waals surface area contributed by atoms with E-state index in [-0.39, 0.29) is 5.91 Å². The van der Waals surface area contributed by atoms with Crippen LogP contribution in [0.15, 0.2) is 104 Å². The second-order valence-corrected chi connectivity index (χ2v) is 8.95. The Labute approximate surface area is 206 Å². The number of nitrogens with one attached hydrogen (secondary N) is 1. The first-order chi connectivity index (χ1) is 17.0. The number of fused-ring (bicyclic) bond motifs is 1. The second kappa shape index (κ2) is 9.11. The molecule has 1 aromatic heterocycles. The van der Waals surface area contributed by atoms with Gasteiger partial charge in [0.1, 0.15) is 0 Å². The summed E-state index contributed by atoms with van der Waals surface area (Å²) in [5.41, 5.74) is 5.68. The molecule has 1 heterocycles. The summed E-state index contributed by atoms with van der Waals surface area (Å²) in [6.07, 6.45) is 6.25. The standard InChI is InChI=1S/C30H28N4O/c1-4-28(35)34-27-21-30(22-12-7-5-8-13-22,23-14-11-17-25(20-23)33(2)3)19-18-26(27)29(32-34)31-24-15-9-6-10-16-24/h4-20H,1,21H2,2-3H3,(H,31,32). The summed E-state index contributed by atoms with van der Waals surface area (Å²) in [5.74, 6) is 0.406. The van der Waals surface area contributed by atoms with Crippen molar-refractivity contribution < 1.29 is 4.79 Å². The van der Waals surface area contributed by atoms with Gasteiger partial charge in [-0.2, -0.15) is 4.68 Å². The molecule has 0 saturated heterocycles. The van der Waals surface area contributed by atoms with E-state index in [1.165, 1.54) is 10.8 Å². The minimum Gasteiger partial charge on any atom is -0.378 e. The van der Waals surface area contributed by atoms with E-state index < -0.39 is 5.41 Å². The Kier molecular flexibility index (Phi) is 5.83. The van der Waals surface area contributed by atoms with Crippen LogP contribution >= 0.6 is 0 Å². The molecule has 0 amide bonds. The molecular formula is C30H28N4O. The third-order valence-corrected chi connectivity index (χ3v) is 6.59. The molecule has 5 nitrogen and oxygen atoms in total. The van der Waals surface area contributed by atoms with E-state index >= 15 is 0 Å². The fourth-order valence-electron chi connectivity index (χ4n) is 4.74.